The zero-order chi connectivity index (χ0) is 30.6. The fourth-order valence-electron chi connectivity index (χ4n) is 5.20. The second-order valence-electron chi connectivity index (χ2n) is 10.3. The highest BCUT2D eigenvalue weighted by molar-refractivity contribution is 7.15. The van der Waals surface area contributed by atoms with Crippen LogP contribution >= 0.6 is 11.3 Å². The van der Waals surface area contributed by atoms with E-state index in [0.29, 0.717) is 28.8 Å². The lowest BCUT2D eigenvalue weighted by Crippen LogP contribution is -2.36. The van der Waals surface area contributed by atoms with Crippen LogP contribution in [0.15, 0.2) is 96.6 Å². The number of aromatic nitrogens is 4. The van der Waals surface area contributed by atoms with E-state index in [0.717, 1.165) is 59.6 Å². The third kappa shape index (κ3) is 6.28. The Labute approximate surface area is 263 Å². The van der Waals surface area contributed by atoms with Crippen molar-refractivity contribution >= 4 is 51.0 Å². The van der Waals surface area contributed by atoms with Crippen molar-refractivity contribution in [2.45, 2.75) is 0 Å². The van der Waals surface area contributed by atoms with Crippen LogP contribution in [0, 0.1) is 0 Å². The molecule has 1 fully saturated rings. The van der Waals surface area contributed by atoms with Gasteiger partial charge in [-0.25, -0.2) is 19.7 Å². The largest absolute Gasteiger partial charge is 0.497 e. The number of imidazole rings is 1. The number of amides is 2. The summed E-state index contributed by atoms with van der Waals surface area (Å²) in [6.45, 7) is 3.27. The van der Waals surface area contributed by atoms with E-state index in [1.54, 1.807) is 48.9 Å². The van der Waals surface area contributed by atoms with E-state index in [-0.39, 0.29) is 6.03 Å². The van der Waals surface area contributed by atoms with Gasteiger partial charge in [-0.05, 0) is 66.7 Å². The predicted molar refractivity (Wildman–Crippen MR) is 178 cm³/mol. The highest BCUT2D eigenvalue weighted by atomic mass is 32.1. The number of rotatable bonds is 8. The number of carbonyl (C=O) groups is 1. The lowest BCUT2D eigenvalue weighted by molar-refractivity contribution is 0.122. The molecular weight excluding hydrogens is 588 g/mol. The summed E-state index contributed by atoms with van der Waals surface area (Å²) in [5.41, 5.74) is 6.49. The van der Waals surface area contributed by atoms with Gasteiger partial charge in [-0.1, -0.05) is 12.1 Å². The van der Waals surface area contributed by atoms with E-state index in [9.17, 15) is 4.79 Å². The number of morpholine rings is 1. The topological polar surface area (TPSA) is 118 Å². The molecule has 45 heavy (non-hydrogen) atoms. The highest BCUT2D eigenvalue weighted by Gasteiger charge is 2.19. The maximum absolute atomic E-state index is 12.8. The molecule has 1 aliphatic rings. The molecule has 4 heterocycles. The third-order valence-electron chi connectivity index (χ3n) is 7.40. The molecule has 0 saturated carbocycles. The number of urea groups is 1. The van der Waals surface area contributed by atoms with Crippen LogP contribution in [0.5, 0.6) is 5.75 Å². The van der Waals surface area contributed by atoms with E-state index in [2.05, 4.69) is 38.0 Å². The molecule has 0 radical (unpaired) electrons. The van der Waals surface area contributed by atoms with Crippen molar-refractivity contribution in [1.29, 1.82) is 0 Å². The molecule has 7 rings (SSSR count). The van der Waals surface area contributed by atoms with Gasteiger partial charge >= 0.3 is 6.03 Å². The second-order valence-corrected chi connectivity index (χ2v) is 11.2. The van der Waals surface area contributed by atoms with Crippen molar-refractivity contribution in [2.24, 2.45) is 0 Å². The summed E-state index contributed by atoms with van der Waals surface area (Å²) in [6, 6.07) is 24.5. The number of thiazole rings is 1. The van der Waals surface area contributed by atoms with Crippen molar-refractivity contribution in [3.05, 3.63) is 96.6 Å². The fraction of sp³-hybridized carbons (Fsp3) is 0.152. The van der Waals surface area contributed by atoms with Gasteiger partial charge in [0, 0.05) is 59.2 Å². The van der Waals surface area contributed by atoms with Gasteiger partial charge in [0.25, 0.3) is 0 Å². The number of carbonyl (C=O) groups excluding carboxylic acids is 1. The molecule has 1 aliphatic heterocycles. The molecule has 0 aliphatic carbocycles. The maximum atomic E-state index is 12.8. The average molecular weight is 619 g/mol. The van der Waals surface area contributed by atoms with Crippen molar-refractivity contribution < 1.29 is 14.3 Å². The predicted octanol–water partition coefficient (Wildman–Crippen LogP) is 6.75. The zero-order valence-electron chi connectivity index (χ0n) is 24.4. The van der Waals surface area contributed by atoms with Crippen molar-refractivity contribution in [3.63, 3.8) is 0 Å². The van der Waals surface area contributed by atoms with Gasteiger partial charge in [0.05, 0.1) is 31.7 Å². The number of benzene rings is 3. The number of anilines is 5. The average Bonchev–Trinajstić information content (AvgIpc) is 3.68. The monoisotopic (exact) mass is 618 g/mol. The summed E-state index contributed by atoms with van der Waals surface area (Å²) in [5.74, 6) is 1.20. The quantitative estimate of drug-likeness (QED) is 0.171. The van der Waals surface area contributed by atoms with Gasteiger partial charge in [-0.2, -0.15) is 0 Å². The Bertz CT molecular complexity index is 1930. The summed E-state index contributed by atoms with van der Waals surface area (Å²) in [4.78, 5) is 30.2. The minimum Gasteiger partial charge on any atom is -0.497 e. The van der Waals surface area contributed by atoms with Crippen LogP contribution in [-0.4, -0.2) is 58.8 Å². The molecule has 3 aromatic heterocycles. The van der Waals surface area contributed by atoms with Crippen LogP contribution < -0.4 is 25.6 Å². The molecule has 226 valence electrons. The van der Waals surface area contributed by atoms with Crippen molar-refractivity contribution in [1.82, 2.24) is 19.4 Å². The summed E-state index contributed by atoms with van der Waals surface area (Å²) < 4.78 is 12.7. The Morgan fingerprint density at radius 1 is 0.911 bits per heavy atom. The molecule has 3 aromatic carbocycles. The number of ether oxygens (including phenoxy) is 2. The van der Waals surface area contributed by atoms with Crippen LogP contribution in [0.3, 0.4) is 0 Å². The Hall–Kier alpha value is -5.46. The minimum atomic E-state index is -0.354. The van der Waals surface area contributed by atoms with E-state index < -0.39 is 0 Å². The van der Waals surface area contributed by atoms with E-state index in [1.807, 2.05) is 58.4 Å². The van der Waals surface area contributed by atoms with Crippen molar-refractivity contribution in [2.75, 3.05) is 54.3 Å². The first-order chi connectivity index (χ1) is 22.1. The number of nitrogens with one attached hydrogen (secondary N) is 3. The van der Waals surface area contributed by atoms with Gasteiger partial charge in [-0.3, -0.25) is 4.40 Å². The third-order valence-corrected chi connectivity index (χ3v) is 8.16. The summed E-state index contributed by atoms with van der Waals surface area (Å²) in [6.07, 6.45) is 3.72. The number of methoxy groups -OCH3 is 1. The first-order valence-corrected chi connectivity index (χ1v) is 15.3. The van der Waals surface area contributed by atoms with Gasteiger partial charge < -0.3 is 30.3 Å². The molecule has 2 amide bonds. The first kappa shape index (κ1) is 28.3. The summed E-state index contributed by atoms with van der Waals surface area (Å²) >= 11 is 1.54. The molecular formula is C33H30N8O3S. The Kier molecular flexibility index (Phi) is 7.96. The van der Waals surface area contributed by atoms with Crippen LogP contribution in [-0.2, 0) is 4.74 Å². The molecule has 0 unspecified atom stereocenters. The number of hydrogen-bond acceptors (Lipinski definition) is 9. The standard InChI is InChI=1S/C33H30N8O3S/c1-43-27-11-7-24(8-12-27)36-32(42)37-25-4-2-3-22(21-25)29-30(41-17-20-45-33(41)39-29)28-13-14-34-31(38-28)35-23-5-9-26(10-6-23)40-15-18-44-19-16-40/h2-14,17,20-21H,15-16,18-19H2,1H3,(H,34,35,38)(H2,36,37,42). The Morgan fingerprint density at radius 2 is 1.69 bits per heavy atom. The lowest BCUT2D eigenvalue weighted by atomic mass is 10.1. The summed E-state index contributed by atoms with van der Waals surface area (Å²) in [7, 11) is 1.60. The molecule has 1 saturated heterocycles. The minimum absolute atomic E-state index is 0.354. The van der Waals surface area contributed by atoms with Gasteiger partial charge in [-0.15, -0.1) is 11.3 Å². The molecule has 6 aromatic rings. The highest BCUT2D eigenvalue weighted by Crippen LogP contribution is 2.35. The Morgan fingerprint density at radius 3 is 2.49 bits per heavy atom. The molecule has 0 atom stereocenters. The molecule has 0 spiro atoms. The van der Waals surface area contributed by atoms with Crippen LogP contribution in [0.1, 0.15) is 0 Å². The van der Waals surface area contributed by atoms with Crippen LogP contribution in [0.2, 0.25) is 0 Å². The van der Waals surface area contributed by atoms with Gasteiger partial charge in [0.15, 0.2) is 4.96 Å². The van der Waals surface area contributed by atoms with E-state index in [4.69, 9.17) is 19.4 Å². The lowest BCUT2D eigenvalue weighted by Gasteiger charge is -2.28. The van der Waals surface area contributed by atoms with Gasteiger partial charge in [0.1, 0.15) is 11.4 Å². The zero-order valence-corrected chi connectivity index (χ0v) is 25.3. The number of fused-ring (bicyclic) bond motifs is 1. The molecule has 0 bridgehead atoms. The van der Waals surface area contributed by atoms with Crippen molar-refractivity contribution in [3.8, 4) is 28.4 Å². The normalized spacial score (nSPS) is 13.0. The molecule has 11 nitrogen and oxygen atoms in total. The van der Waals surface area contributed by atoms with E-state index >= 15 is 0 Å². The molecule has 12 heteroatoms. The number of nitrogens with zero attached hydrogens (tertiary/aromatic N) is 5. The van der Waals surface area contributed by atoms with Gasteiger partial charge in [0.2, 0.25) is 5.95 Å². The summed E-state index contributed by atoms with van der Waals surface area (Å²) in [5, 5.41) is 11.1. The number of hydrogen-bond donors (Lipinski definition) is 3. The second kappa shape index (κ2) is 12.6. The fourth-order valence-corrected chi connectivity index (χ4v) is 5.91. The molecule has 3 N–H and O–H groups in total. The van der Waals surface area contributed by atoms with E-state index in [1.165, 1.54) is 0 Å². The first-order valence-electron chi connectivity index (χ1n) is 14.4. The van der Waals surface area contributed by atoms with Crippen LogP contribution in [0.25, 0.3) is 27.6 Å². The Balaban J connectivity index is 1.12. The van der Waals surface area contributed by atoms with Crippen LogP contribution in [0.4, 0.5) is 33.5 Å². The smallest absolute Gasteiger partial charge is 0.323 e. The maximum Gasteiger partial charge on any atom is 0.323 e. The SMILES string of the molecule is COc1ccc(NC(=O)Nc2cccc(-c3nc4sccn4c3-c3ccnc(Nc4ccc(N5CCOCC5)cc4)n3)c2)cc1.